The summed E-state index contributed by atoms with van der Waals surface area (Å²) in [6.07, 6.45) is 2.13. The highest BCUT2D eigenvalue weighted by atomic mass is 16.4. The molecule has 34 heavy (non-hydrogen) atoms. The van der Waals surface area contributed by atoms with E-state index < -0.39 is 60.2 Å². The van der Waals surface area contributed by atoms with E-state index in [0.717, 1.165) is 0 Å². The number of hydrogen-bond acceptors (Lipinski definition) is 7. The zero-order valence-electron chi connectivity index (χ0n) is 19.7. The van der Waals surface area contributed by atoms with Crippen LogP contribution in [0.1, 0.15) is 46.2 Å². The number of aromatic amines is 1. The maximum atomic E-state index is 12.9. The first kappa shape index (κ1) is 28.6. The molecule has 0 spiro atoms. The Morgan fingerprint density at radius 2 is 1.50 bits per heavy atom. The first-order chi connectivity index (χ1) is 15.8. The van der Waals surface area contributed by atoms with Crippen LogP contribution >= 0.6 is 0 Å². The maximum Gasteiger partial charge on any atom is 0.326 e. The summed E-state index contributed by atoms with van der Waals surface area (Å²) >= 11 is 0. The van der Waals surface area contributed by atoms with Crippen LogP contribution in [-0.2, 0) is 30.4 Å². The number of carbonyl (C=O) groups excluding carboxylic acids is 3. The summed E-state index contributed by atoms with van der Waals surface area (Å²) in [6.45, 7) is 6.98. The number of nitrogens with one attached hydrogen (secondary N) is 4. The minimum Gasteiger partial charge on any atom is -0.481 e. The third-order valence-electron chi connectivity index (χ3n) is 4.97. The number of carbonyl (C=O) groups is 5. The van der Waals surface area contributed by atoms with Gasteiger partial charge in [-0.25, -0.2) is 9.78 Å². The van der Waals surface area contributed by atoms with Crippen molar-refractivity contribution in [1.82, 2.24) is 25.9 Å². The third-order valence-corrected chi connectivity index (χ3v) is 4.97. The molecule has 1 aromatic rings. The molecule has 0 radical (unpaired) electrons. The van der Waals surface area contributed by atoms with Gasteiger partial charge in [-0.3, -0.25) is 19.2 Å². The van der Waals surface area contributed by atoms with Crippen LogP contribution in [0.15, 0.2) is 12.5 Å². The quantitative estimate of drug-likeness (QED) is 0.173. The molecule has 0 bridgehead atoms. The Hall–Kier alpha value is -3.48. The number of hydrogen-bond donors (Lipinski definition) is 7. The highest BCUT2D eigenvalue weighted by molar-refractivity contribution is 5.95. The van der Waals surface area contributed by atoms with Crippen molar-refractivity contribution in [3.63, 3.8) is 0 Å². The molecule has 4 atom stereocenters. The van der Waals surface area contributed by atoms with Crippen LogP contribution in [0.4, 0.5) is 0 Å². The van der Waals surface area contributed by atoms with Gasteiger partial charge in [0.15, 0.2) is 0 Å². The number of aromatic nitrogens is 2. The summed E-state index contributed by atoms with van der Waals surface area (Å²) < 4.78 is 0. The number of carboxylic acids is 2. The van der Waals surface area contributed by atoms with Crippen molar-refractivity contribution >= 4 is 29.7 Å². The van der Waals surface area contributed by atoms with E-state index in [1.165, 1.54) is 12.5 Å². The zero-order valence-corrected chi connectivity index (χ0v) is 19.7. The molecule has 13 nitrogen and oxygen atoms in total. The molecule has 0 fully saturated rings. The molecule has 0 aliphatic heterocycles. The number of nitrogens with zero attached hydrogens (tertiary/aromatic N) is 1. The van der Waals surface area contributed by atoms with E-state index >= 15 is 0 Å². The molecule has 4 unspecified atom stereocenters. The molecule has 1 heterocycles. The number of aliphatic carboxylic acids is 2. The fourth-order valence-corrected chi connectivity index (χ4v) is 3.02. The predicted octanol–water partition coefficient (Wildman–Crippen LogP) is -1.00. The Balaban J connectivity index is 3.09. The fourth-order valence-electron chi connectivity index (χ4n) is 3.02. The van der Waals surface area contributed by atoms with E-state index in [9.17, 15) is 34.2 Å². The number of carboxylic acid groups (broad SMARTS) is 2. The first-order valence-corrected chi connectivity index (χ1v) is 10.9. The van der Waals surface area contributed by atoms with Gasteiger partial charge in [-0.1, -0.05) is 27.7 Å². The fraction of sp³-hybridized carbons (Fsp3) is 0.619. The largest absolute Gasteiger partial charge is 0.481 e. The second-order valence-corrected chi connectivity index (χ2v) is 8.80. The lowest BCUT2D eigenvalue weighted by Crippen LogP contribution is -2.58. The van der Waals surface area contributed by atoms with Gasteiger partial charge in [0.1, 0.15) is 18.1 Å². The van der Waals surface area contributed by atoms with Crippen molar-refractivity contribution in [2.75, 3.05) is 0 Å². The minimum atomic E-state index is -1.50. The van der Waals surface area contributed by atoms with E-state index in [-0.39, 0.29) is 24.7 Å². The van der Waals surface area contributed by atoms with Gasteiger partial charge in [-0.2, -0.15) is 0 Å². The van der Waals surface area contributed by atoms with Gasteiger partial charge < -0.3 is 36.9 Å². The second-order valence-electron chi connectivity index (χ2n) is 8.80. The molecule has 8 N–H and O–H groups in total. The van der Waals surface area contributed by atoms with Gasteiger partial charge in [0.2, 0.25) is 17.7 Å². The van der Waals surface area contributed by atoms with Crippen molar-refractivity contribution in [1.29, 1.82) is 0 Å². The number of amides is 3. The highest BCUT2D eigenvalue weighted by Gasteiger charge is 2.32. The molecule has 0 aliphatic carbocycles. The number of nitrogens with two attached hydrogens (primary N) is 1. The third kappa shape index (κ3) is 9.57. The smallest absolute Gasteiger partial charge is 0.326 e. The van der Waals surface area contributed by atoms with Crippen molar-refractivity contribution < 1.29 is 34.2 Å². The van der Waals surface area contributed by atoms with E-state index in [1.807, 2.05) is 0 Å². The summed E-state index contributed by atoms with van der Waals surface area (Å²) in [4.78, 5) is 67.6. The number of H-pyrrole nitrogens is 1. The second kappa shape index (κ2) is 13.3. The lowest BCUT2D eigenvalue weighted by Gasteiger charge is -2.25. The molecule has 1 rings (SSSR count). The highest BCUT2D eigenvalue weighted by Crippen LogP contribution is 2.08. The first-order valence-electron chi connectivity index (χ1n) is 10.9. The molecule has 1 aromatic heterocycles. The average molecular weight is 483 g/mol. The van der Waals surface area contributed by atoms with E-state index in [2.05, 4.69) is 25.9 Å². The summed E-state index contributed by atoms with van der Waals surface area (Å²) in [5.74, 6) is -5.29. The minimum absolute atomic E-state index is 0.0256. The van der Waals surface area contributed by atoms with Crippen LogP contribution in [0, 0.1) is 11.8 Å². The van der Waals surface area contributed by atoms with Gasteiger partial charge in [0.25, 0.3) is 0 Å². The monoisotopic (exact) mass is 482 g/mol. The van der Waals surface area contributed by atoms with Crippen LogP contribution < -0.4 is 21.7 Å². The molecule has 190 valence electrons. The van der Waals surface area contributed by atoms with E-state index in [0.29, 0.717) is 5.69 Å². The normalized spacial score (nSPS) is 14.7. The maximum absolute atomic E-state index is 12.9. The van der Waals surface area contributed by atoms with Gasteiger partial charge >= 0.3 is 11.9 Å². The Labute approximate surface area is 197 Å². The summed E-state index contributed by atoms with van der Waals surface area (Å²) in [5.41, 5.74) is 6.25. The lowest BCUT2D eigenvalue weighted by atomic mass is 10.0. The van der Waals surface area contributed by atoms with Crippen LogP contribution in [0.5, 0.6) is 0 Å². The molecular formula is C21H34N6O7. The van der Waals surface area contributed by atoms with Crippen LogP contribution in [0.3, 0.4) is 0 Å². The Bertz CT molecular complexity index is 856. The topological polar surface area (TPSA) is 217 Å². The Morgan fingerprint density at radius 3 is 1.97 bits per heavy atom. The molecule has 13 heteroatoms. The Kier molecular flexibility index (Phi) is 11.2. The molecular weight excluding hydrogens is 448 g/mol. The number of rotatable bonds is 14. The van der Waals surface area contributed by atoms with Crippen LogP contribution in [-0.4, -0.2) is 74.0 Å². The molecule has 3 amide bonds. The zero-order chi connectivity index (χ0) is 26.0. The molecule has 0 aromatic carbocycles. The van der Waals surface area contributed by atoms with E-state index in [1.54, 1.807) is 27.7 Å². The summed E-state index contributed by atoms with van der Waals surface area (Å²) in [6, 6.07) is -4.93. The lowest BCUT2D eigenvalue weighted by molar-refractivity contribution is -0.143. The predicted molar refractivity (Wildman–Crippen MR) is 120 cm³/mol. The molecule has 0 aliphatic rings. The van der Waals surface area contributed by atoms with Crippen molar-refractivity contribution in [3.05, 3.63) is 18.2 Å². The van der Waals surface area contributed by atoms with Crippen molar-refractivity contribution in [2.24, 2.45) is 17.6 Å². The van der Waals surface area contributed by atoms with Gasteiger partial charge in [-0.15, -0.1) is 0 Å². The van der Waals surface area contributed by atoms with Crippen molar-refractivity contribution in [2.45, 2.75) is 71.1 Å². The number of imidazole rings is 1. The van der Waals surface area contributed by atoms with Gasteiger partial charge in [0, 0.05) is 18.3 Å². The average Bonchev–Trinajstić information content (AvgIpc) is 3.23. The standard InChI is InChI=1S/C21H34N6O7/c1-10(2)5-15(21(33)34)27-18(30)13(6-12-8-23-9-24-12)25-19(31)14(7-16(28)29)26-20(32)17(22)11(3)4/h8-11,13-15,17H,5-7,22H2,1-4H3,(H,23,24)(H,25,31)(H,26,32)(H,27,30)(H,28,29)(H,33,34). The van der Waals surface area contributed by atoms with Crippen LogP contribution in [0.2, 0.25) is 0 Å². The van der Waals surface area contributed by atoms with E-state index in [4.69, 9.17) is 5.73 Å². The summed E-state index contributed by atoms with van der Waals surface area (Å²) in [5, 5.41) is 25.8. The SMILES string of the molecule is CC(C)CC(NC(=O)C(Cc1cnc[nH]1)NC(=O)C(CC(=O)O)NC(=O)C(N)C(C)C)C(=O)O. The van der Waals surface area contributed by atoms with Crippen molar-refractivity contribution in [3.8, 4) is 0 Å². The molecule has 0 saturated heterocycles. The van der Waals surface area contributed by atoms with Gasteiger partial charge in [-0.05, 0) is 18.3 Å². The molecule has 0 saturated carbocycles. The van der Waals surface area contributed by atoms with Gasteiger partial charge in [0.05, 0.1) is 18.8 Å². The van der Waals surface area contributed by atoms with Crippen LogP contribution in [0.25, 0.3) is 0 Å². The summed E-state index contributed by atoms with van der Waals surface area (Å²) in [7, 11) is 0. The Morgan fingerprint density at radius 1 is 0.941 bits per heavy atom.